The third kappa shape index (κ3) is 7.11. The van der Waals surface area contributed by atoms with Gasteiger partial charge in [0.1, 0.15) is 17.9 Å². The Morgan fingerprint density at radius 3 is 2.58 bits per heavy atom. The molecule has 3 aromatic heterocycles. The van der Waals surface area contributed by atoms with E-state index in [0.717, 1.165) is 46.9 Å². The molecule has 0 unspecified atom stereocenters. The maximum atomic E-state index is 13.2. The van der Waals surface area contributed by atoms with Gasteiger partial charge in [-0.2, -0.15) is 13.2 Å². The second-order valence-electron chi connectivity index (χ2n) is 11.7. The summed E-state index contributed by atoms with van der Waals surface area (Å²) in [5.74, 6) is 0.191. The van der Waals surface area contributed by atoms with Gasteiger partial charge < -0.3 is 24.1 Å². The van der Waals surface area contributed by atoms with E-state index in [1.165, 1.54) is 11.9 Å². The summed E-state index contributed by atoms with van der Waals surface area (Å²) in [4.78, 5) is 36.1. The number of urea groups is 1. The van der Waals surface area contributed by atoms with Crippen LogP contribution >= 0.6 is 0 Å². The summed E-state index contributed by atoms with van der Waals surface area (Å²) in [7, 11) is 1.67. The number of amides is 2. The number of hydrogen-bond donors (Lipinski definition) is 1. The molecule has 3 heterocycles. The van der Waals surface area contributed by atoms with Gasteiger partial charge >= 0.3 is 12.2 Å². The molecule has 0 saturated heterocycles. The molecule has 0 spiro atoms. The lowest BCUT2D eigenvalue weighted by atomic mass is 9.83. The minimum atomic E-state index is -4.63. The summed E-state index contributed by atoms with van der Waals surface area (Å²) in [5.41, 5.74) is 0.383. The van der Waals surface area contributed by atoms with Crippen LogP contribution in [-0.4, -0.2) is 57.8 Å². The highest BCUT2D eigenvalue weighted by Crippen LogP contribution is 2.34. The lowest BCUT2D eigenvalue weighted by Gasteiger charge is -2.34. The zero-order valence-corrected chi connectivity index (χ0v) is 24.6. The van der Waals surface area contributed by atoms with Crippen molar-refractivity contribution in [3.63, 3.8) is 0 Å². The van der Waals surface area contributed by atoms with E-state index in [1.807, 2.05) is 23.0 Å². The van der Waals surface area contributed by atoms with E-state index in [4.69, 9.17) is 9.72 Å². The van der Waals surface area contributed by atoms with Crippen molar-refractivity contribution in [2.45, 2.75) is 76.2 Å². The van der Waals surface area contributed by atoms with E-state index in [2.05, 4.69) is 29.9 Å². The minimum absolute atomic E-state index is 0.114. The van der Waals surface area contributed by atoms with Crippen molar-refractivity contribution >= 4 is 31.0 Å². The van der Waals surface area contributed by atoms with Crippen molar-refractivity contribution in [3.8, 4) is 0 Å². The normalized spacial score (nSPS) is 18.2. The number of carbonyl (C=O) groups excluding carboxylic acids is 1. The van der Waals surface area contributed by atoms with E-state index in [-0.39, 0.29) is 12.0 Å². The van der Waals surface area contributed by atoms with Gasteiger partial charge in [0, 0.05) is 53.1 Å². The van der Waals surface area contributed by atoms with Gasteiger partial charge in [-0.05, 0) is 43.9 Å². The van der Waals surface area contributed by atoms with E-state index in [0.29, 0.717) is 31.8 Å². The lowest BCUT2D eigenvalue weighted by Crippen LogP contribution is -2.42. The number of halogens is 3. The van der Waals surface area contributed by atoms with Crippen molar-refractivity contribution in [1.29, 1.82) is 0 Å². The third-order valence-corrected chi connectivity index (χ3v) is 9.15. The first-order chi connectivity index (χ1) is 18.7. The van der Waals surface area contributed by atoms with Crippen LogP contribution in [0.4, 0.5) is 23.7 Å². The van der Waals surface area contributed by atoms with Gasteiger partial charge in [0.2, 0.25) is 0 Å². The summed E-state index contributed by atoms with van der Waals surface area (Å²) in [6, 6.07) is 2.99. The van der Waals surface area contributed by atoms with Crippen LogP contribution in [0.1, 0.15) is 42.9 Å². The fourth-order valence-corrected chi connectivity index (χ4v) is 5.66. The average Bonchev–Trinajstić information content (AvgIpc) is 3.29. The van der Waals surface area contributed by atoms with Gasteiger partial charge in [-0.3, -0.25) is 4.79 Å². The van der Waals surface area contributed by atoms with Crippen LogP contribution in [-0.2, 0) is 24.7 Å². The zero-order valence-electron chi connectivity index (χ0n) is 23.6. The van der Waals surface area contributed by atoms with Crippen molar-refractivity contribution in [2.24, 2.45) is 7.05 Å². The predicted octanol–water partition coefficient (Wildman–Crippen LogP) is 5.65. The second kappa shape index (κ2) is 11.7. The number of aryl methyl sites for hydroxylation is 1. The highest BCUT2D eigenvalue weighted by molar-refractivity contribution is 6.76. The quantitative estimate of drug-likeness (QED) is 0.275. The van der Waals surface area contributed by atoms with Crippen LogP contribution in [0.15, 0.2) is 35.5 Å². The molecule has 4 rings (SSSR count). The van der Waals surface area contributed by atoms with Crippen LogP contribution in [0, 0.1) is 0 Å². The van der Waals surface area contributed by atoms with Crippen molar-refractivity contribution < 1.29 is 22.7 Å². The maximum Gasteiger partial charge on any atom is 0.417 e. The summed E-state index contributed by atoms with van der Waals surface area (Å²) < 4.78 is 48.2. The first kappa shape index (κ1) is 29.8. The molecule has 40 heavy (non-hydrogen) atoms. The average molecular weight is 579 g/mol. The topological polar surface area (TPSA) is 94.3 Å². The molecule has 0 aliphatic heterocycles. The molecule has 218 valence electrons. The molecular weight excluding hydrogens is 541 g/mol. The van der Waals surface area contributed by atoms with Crippen molar-refractivity contribution in [3.05, 3.63) is 52.3 Å². The number of pyridine rings is 1. The molecule has 0 atom stereocenters. The van der Waals surface area contributed by atoms with E-state index in [1.54, 1.807) is 7.05 Å². The lowest BCUT2D eigenvalue weighted by molar-refractivity contribution is -0.138. The fourth-order valence-electron chi connectivity index (χ4n) is 4.90. The number of carbonyl (C=O) groups is 1. The summed E-state index contributed by atoms with van der Waals surface area (Å²) >= 11 is 0. The molecular formula is C27H37F3N6O3Si. The molecule has 1 saturated carbocycles. The molecule has 2 amide bonds. The second-order valence-corrected chi connectivity index (χ2v) is 17.4. The smallest absolute Gasteiger partial charge is 0.361 e. The van der Waals surface area contributed by atoms with Gasteiger partial charge in [-0.1, -0.05) is 19.6 Å². The number of rotatable bonds is 8. The van der Waals surface area contributed by atoms with E-state index in [9.17, 15) is 22.8 Å². The number of alkyl halides is 3. The van der Waals surface area contributed by atoms with Crippen molar-refractivity contribution in [2.75, 3.05) is 19.0 Å². The molecule has 1 aliphatic carbocycles. The Balaban J connectivity index is 1.34. The third-order valence-electron chi connectivity index (χ3n) is 7.44. The van der Waals surface area contributed by atoms with Crippen LogP contribution in [0.25, 0.3) is 11.2 Å². The molecule has 0 aromatic carbocycles. The van der Waals surface area contributed by atoms with Crippen LogP contribution in [0.2, 0.25) is 25.7 Å². The van der Waals surface area contributed by atoms with Gasteiger partial charge in [-0.25, -0.2) is 14.8 Å². The van der Waals surface area contributed by atoms with Gasteiger partial charge in [-0.15, -0.1) is 0 Å². The number of nitrogens with one attached hydrogen (secondary N) is 1. The standard InChI is InChI=1S/C27H37F3N6O3Si/c1-34-16-19(27(28,29)30)14-22(25(34)37)33-26(38)35(2)20-8-6-18(7-9-20)23-15-31-24-21(32-23)10-11-36(24)17-39-12-13-40(3,4)5/h10-11,14-16,18,20H,6-9,12-13,17H2,1-5H3,(H,33,38). The maximum absolute atomic E-state index is 13.2. The zero-order chi connectivity index (χ0) is 29.2. The van der Waals surface area contributed by atoms with Gasteiger partial charge in [0.05, 0.1) is 17.5 Å². The Morgan fingerprint density at radius 1 is 1.23 bits per heavy atom. The monoisotopic (exact) mass is 578 g/mol. The van der Waals surface area contributed by atoms with Gasteiger partial charge in [0.15, 0.2) is 5.65 Å². The minimum Gasteiger partial charge on any atom is -0.361 e. The molecule has 1 fully saturated rings. The summed E-state index contributed by atoms with van der Waals surface area (Å²) in [6.07, 6.45) is 2.79. The number of hydrogen-bond acceptors (Lipinski definition) is 5. The predicted molar refractivity (Wildman–Crippen MR) is 150 cm³/mol. The van der Waals surface area contributed by atoms with Crippen LogP contribution < -0.4 is 10.9 Å². The summed E-state index contributed by atoms with van der Waals surface area (Å²) in [5, 5.41) is 2.37. The van der Waals surface area contributed by atoms with Crippen LogP contribution in [0.3, 0.4) is 0 Å². The Morgan fingerprint density at radius 2 is 1.93 bits per heavy atom. The molecule has 9 nitrogen and oxygen atoms in total. The molecule has 3 aromatic rings. The number of nitrogens with zero attached hydrogens (tertiary/aromatic N) is 5. The van der Waals surface area contributed by atoms with E-state index >= 15 is 0 Å². The highest BCUT2D eigenvalue weighted by Gasteiger charge is 2.33. The number of anilines is 1. The molecule has 0 bridgehead atoms. The Kier molecular flexibility index (Phi) is 8.74. The number of fused-ring (bicyclic) bond motifs is 1. The van der Waals surface area contributed by atoms with E-state index < -0.39 is 37.1 Å². The van der Waals surface area contributed by atoms with Crippen molar-refractivity contribution in [1.82, 2.24) is 24.0 Å². The molecule has 1 aliphatic rings. The first-order valence-electron chi connectivity index (χ1n) is 13.4. The Labute approximate surface area is 232 Å². The Bertz CT molecular complexity index is 1410. The molecule has 13 heteroatoms. The molecule has 1 N–H and O–H groups in total. The Hall–Kier alpha value is -3.19. The van der Waals surface area contributed by atoms with Gasteiger partial charge in [0.25, 0.3) is 5.56 Å². The highest BCUT2D eigenvalue weighted by atomic mass is 28.3. The largest absolute Gasteiger partial charge is 0.417 e. The summed E-state index contributed by atoms with van der Waals surface area (Å²) in [6.45, 7) is 8.12. The van der Waals surface area contributed by atoms with Crippen LogP contribution in [0.5, 0.6) is 0 Å². The molecule has 0 radical (unpaired) electrons. The first-order valence-corrected chi connectivity index (χ1v) is 17.1. The SMILES string of the molecule is CN(C(=O)Nc1cc(C(F)(F)F)cn(C)c1=O)C1CCC(c2cnc3c(ccn3COCC[Si](C)(C)C)n2)CC1. The fraction of sp³-hybridized carbons (Fsp3) is 0.556. The number of ether oxygens (including phenoxy) is 1. The number of aromatic nitrogens is 4.